The lowest BCUT2D eigenvalue weighted by Crippen LogP contribution is -2.30. The van der Waals surface area contributed by atoms with Crippen LogP contribution in [0.25, 0.3) is 6.08 Å². The van der Waals surface area contributed by atoms with Crippen molar-refractivity contribution in [2.75, 3.05) is 10.0 Å². The Morgan fingerprint density at radius 2 is 1.68 bits per heavy atom. The highest BCUT2D eigenvalue weighted by atomic mass is 35.5. The Morgan fingerprint density at radius 1 is 0.973 bits per heavy atom. The molecule has 3 N–H and O–H groups in total. The molecule has 8 nitrogen and oxygen atoms in total. The Morgan fingerprint density at radius 3 is 2.32 bits per heavy atom. The maximum absolute atomic E-state index is 13.2. The van der Waals surface area contributed by atoms with Crippen molar-refractivity contribution in [1.29, 1.82) is 0 Å². The fourth-order valence-corrected chi connectivity index (χ4v) is 5.15. The molecule has 0 saturated heterocycles. The van der Waals surface area contributed by atoms with Gasteiger partial charge in [0.2, 0.25) is 0 Å². The van der Waals surface area contributed by atoms with Crippen molar-refractivity contribution in [3.63, 3.8) is 0 Å². The van der Waals surface area contributed by atoms with Crippen molar-refractivity contribution in [2.45, 2.75) is 11.8 Å². The van der Waals surface area contributed by atoms with Crippen molar-refractivity contribution < 1.29 is 18.0 Å². The summed E-state index contributed by atoms with van der Waals surface area (Å²) in [7, 11) is -3.84. The second-order valence-corrected chi connectivity index (χ2v) is 10.8. The molecule has 3 aromatic carbocycles. The number of thiazole rings is 1. The maximum atomic E-state index is 13.2. The molecular formula is C26H21ClN4O4S2. The smallest absolute Gasteiger partial charge is 0.272 e. The Bertz CT molecular complexity index is 1550. The minimum Gasteiger partial charge on any atom is -0.321 e. The Balaban J connectivity index is 1.55. The molecule has 188 valence electrons. The van der Waals surface area contributed by atoms with Gasteiger partial charge in [0.25, 0.3) is 21.8 Å². The zero-order valence-corrected chi connectivity index (χ0v) is 21.8. The zero-order valence-electron chi connectivity index (χ0n) is 19.4. The minimum atomic E-state index is -3.84. The first kappa shape index (κ1) is 26.1. The van der Waals surface area contributed by atoms with Crippen LogP contribution in [0.2, 0.25) is 5.02 Å². The number of hydrogen-bond acceptors (Lipinski definition) is 6. The highest BCUT2D eigenvalue weighted by Gasteiger charge is 2.18. The number of carbonyl (C=O) groups is 2. The van der Waals surface area contributed by atoms with E-state index in [-0.39, 0.29) is 15.7 Å². The molecule has 0 aliphatic carbocycles. The van der Waals surface area contributed by atoms with Crippen LogP contribution < -0.4 is 15.4 Å². The van der Waals surface area contributed by atoms with Gasteiger partial charge >= 0.3 is 0 Å². The number of sulfonamides is 1. The van der Waals surface area contributed by atoms with Gasteiger partial charge in [-0.2, -0.15) is 0 Å². The van der Waals surface area contributed by atoms with E-state index in [1.54, 1.807) is 53.9 Å². The van der Waals surface area contributed by atoms with Gasteiger partial charge in [-0.25, -0.2) is 13.4 Å². The van der Waals surface area contributed by atoms with Gasteiger partial charge in [0, 0.05) is 27.9 Å². The summed E-state index contributed by atoms with van der Waals surface area (Å²) in [6.07, 6.45) is 2.97. The summed E-state index contributed by atoms with van der Waals surface area (Å²) in [5, 5.41) is 7.63. The lowest BCUT2D eigenvalue weighted by Gasteiger charge is -2.12. The number of nitrogens with zero attached hydrogens (tertiary/aromatic N) is 1. The van der Waals surface area contributed by atoms with Crippen LogP contribution in [0.4, 0.5) is 10.8 Å². The zero-order chi connectivity index (χ0) is 26.4. The normalized spacial score (nSPS) is 11.6. The second-order valence-electron chi connectivity index (χ2n) is 7.82. The number of carbonyl (C=O) groups excluding carboxylic acids is 2. The monoisotopic (exact) mass is 552 g/mol. The minimum absolute atomic E-state index is 0.000190. The lowest BCUT2D eigenvalue weighted by atomic mass is 10.1. The van der Waals surface area contributed by atoms with E-state index in [1.807, 2.05) is 6.92 Å². The third kappa shape index (κ3) is 6.82. The summed E-state index contributed by atoms with van der Waals surface area (Å²) in [5.41, 5.74) is 2.20. The highest BCUT2D eigenvalue weighted by Crippen LogP contribution is 2.21. The molecule has 0 atom stereocenters. The molecule has 11 heteroatoms. The number of rotatable bonds is 8. The lowest BCUT2D eigenvalue weighted by molar-refractivity contribution is -0.113. The van der Waals surface area contributed by atoms with E-state index in [4.69, 9.17) is 11.6 Å². The van der Waals surface area contributed by atoms with Crippen LogP contribution in [0.15, 0.2) is 95.0 Å². The van der Waals surface area contributed by atoms with Crippen molar-refractivity contribution in [1.82, 2.24) is 10.3 Å². The number of aryl methyl sites for hydroxylation is 1. The molecule has 0 saturated carbocycles. The summed E-state index contributed by atoms with van der Waals surface area (Å²) in [6, 6.07) is 19.4. The number of anilines is 2. The van der Waals surface area contributed by atoms with E-state index < -0.39 is 21.8 Å². The first-order valence-electron chi connectivity index (χ1n) is 10.9. The topological polar surface area (TPSA) is 117 Å². The van der Waals surface area contributed by atoms with E-state index in [2.05, 4.69) is 20.3 Å². The van der Waals surface area contributed by atoms with Gasteiger partial charge in [0.1, 0.15) is 5.70 Å². The molecule has 1 heterocycles. The number of halogens is 1. The predicted octanol–water partition coefficient (Wildman–Crippen LogP) is 5.32. The molecule has 0 bridgehead atoms. The first-order chi connectivity index (χ1) is 17.7. The maximum Gasteiger partial charge on any atom is 0.272 e. The van der Waals surface area contributed by atoms with Crippen LogP contribution in [0, 0.1) is 6.92 Å². The summed E-state index contributed by atoms with van der Waals surface area (Å²) < 4.78 is 27.5. The molecule has 2 amide bonds. The van der Waals surface area contributed by atoms with E-state index in [0.29, 0.717) is 21.8 Å². The van der Waals surface area contributed by atoms with Crippen molar-refractivity contribution in [3.8, 4) is 0 Å². The van der Waals surface area contributed by atoms with Crippen LogP contribution >= 0.6 is 22.9 Å². The summed E-state index contributed by atoms with van der Waals surface area (Å²) in [6.45, 7) is 1.91. The Hall–Kier alpha value is -3.99. The van der Waals surface area contributed by atoms with E-state index in [0.717, 1.165) is 16.9 Å². The molecule has 37 heavy (non-hydrogen) atoms. The van der Waals surface area contributed by atoms with Gasteiger partial charge in [-0.05, 0) is 61.0 Å². The third-order valence-corrected chi connectivity index (χ3v) is 7.60. The van der Waals surface area contributed by atoms with E-state index in [9.17, 15) is 18.0 Å². The van der Waals surface area contributed by atoms with E-state index >= 15 is 0 Å². The number of amides is 2. The molecule has 0 unspecified atom stereocenters. The quantitative estimate of drug-likeness (QED) is 0.256. The molecular weight excluding hydrogens is 532 g/mol. The van der Waals surface area contributed by atoms with Crippen LogP contribution in [-0.2, 0) is 14.8 Å². The van der Waals surface area contributed by atoms with Gasteiger partial charge in [-0.1, -0.05) is 47.5 Å². The summed E-state index contributed by atoms with van der Waals surface area (Å²) in [5.74, 6) is -1.08. The number of aromatic nitrogens is 1. The van der Waals surface area contributed by atoms with Crippen LogP contribution in [0.5, 0.6) is 0 Å². The molecule has 4 aromatic rings. The van der Waals surface area contributed by atoms with E-state index in [1.165, 1.54) is 36.5 Å². The predicted molar refractivity (Wildman–Crippen MR) is 146 cm³/mol. The average molecular weight is 553 g/mol. The SMILES string of the molecule is Cc1ccc(C(=O)N/C(=C/c2ccccc2Cl)C(=O)Nc2ccc(S(=O)(=O)Nc3nccs3)cc2)cc1. The highest BCUT2D eigenvalue weighted by molar-refractivity contribution is 7.93. The second kappa shape index (κ2) is 11.4. The standard InChI is InChI=1S/C26H21ClN4O4S2/c1-17-6-8-18(9-7-17)24(32)30-23(16-19-4-2-3-5-22(19)27)25(33)29-20-10-12-21(13-11-20)37(34,35)31-26-28-14-15-36-26/h2-16H,1H3,(H,28,31)(H,29,33)(H,30,32)/b23-16+. The molecule has 0 aliphatic rings. The van der Waals surface area contributed by atoms with Crippen LogP contribution in [0.3, 0.4) is 0 Å². The molecule has 0 radical (unpaired) electrons. The Kier molecular flexibility index (Phi) is 8.02. The Labute approximate surface area is 223 Å². The molecule has 0 fully saturated rings. The third-order valence-electron chi connectivity index (χ3n) is 5.09. The van der Waals surface area contributed by atoms with Gasteiger partial charge in [-0.3, -0.25) is 14.3 Å². The molecule has 4 rings (SSSR count). The van der Waals surface area contributed by atoms with Gasteiger partial charge in [0.15, 0.2) is 5.13 Å². The summed E-state index contributed by atoms with van der Waals surface area (Å²) >= 11 is 7.42. The van der Waals surface area contributed by atoms with Gasteiger partial charge < -0.3 is 10.6 Å². The first-order valence-corrected chi connectivity index (χ1v) is 13.6. The van der Waals surface area contributed by atoms with Gasteiger partial charge in [0.05, 0.1) is 4.90 Å². The van der Waals surface area contributed by atoms with Crippen LogP contribution in [-0.4, -0.2) is 25.2 Å². The van der Waals surface area contributed by atoms with Crippen molar-refractivity contribution in [3.05, 3.63) is 112 Å². The molecule has 0 aliphatic heterocycles. The fraction of sp³-hybridized carbons (Fsp3) is 0.0385. The average Bonchev–Trinajstić information content (AvgIpc) is 3.38. The van der Waals surface area contributed by atoms with Crippen molar-refractivity contribution in [2.24, 2.45) is 0 Å². The largest absolute Gasteiger partial charge is 0.321 e. The van der Waals surface area contributed by atoms with Crippen molar-refractivity contribution >= 4 is 61.7 Å². The number of benzene rings is 3. The van der Waals surface area contributed by atoms with Crippen LogP contribution in [0.1, 0.15) is 21.5 Å². The van der Waals surface area contributed by atoms with Gasteiger partial charge in [-0.15, -0.1) is 11.3 Å². The number of hydrogen-bond donors (Lipinski definition) is 3. The molecule has 1 aromatic heterocycles. The fourth-order valence-electron chi connectivity index (χ4n) is 3.17. The molecule has 0 spiro atoms. The summed E-state index contributed by atoms with van der Waals surface area (Å²) in [4.78, 5) is 29.9. The number of nitrogens with one attached hydrogen (secondary N) is 3.